The first-order chi connectivity index (χ1) is 12.5. The number of benzene rings is 1. The lowest BCUT2D eigenvalue weighted by molar-refractivity contribution is -0.139. The molecule has 0 spiro atoms. The van der Waals surface area contributed by atoms with Crippen LogP contribution in [0.5, 0.6) is 5.75 Å². The Kier molecular flexibility index (Phi) is 6.60. The van der Waals surface area contributed by atoms with Crippen LogP contribution in [0.3, 0.4) is 0 Å². The van der Waals surface area contributed by atoms with Crippen molar-refractivity contribution >= 4 is 18.0 Å². The molecule has 8 heteroatoms. The molecule has 0 aromatic heterocycles. The Bertz CT molecular complexity index is 728. The molecule has 140 valence electrons. The smallest absolute Gasteiger partial charge is 0.342 e. The van der Waals surface area contributed by atoms with Gasteiger partial charge in [0.1, 0.15) is 17.9 Å². The molecule has 2 amide bonds. The van der Waals surface area contributed by atoms with Gasteiger partial charge in [0, 0.05) is 0 Å². The Hall–Kier alpha value is -3.03. The van der Waals surface area contributed by atoms with Crippen LogP contribution in [0.25, 0.3) is 0 Å². The molecule has 1 aromatic rings. The van der Waals surface area contributed by atoms with E-state index >= 15 is 0 Å². The molecule has 1 atom stereocenters. The van der Waals surface area contributed by atoms with Gasteiger partial charge in [-0.15, -0.1) is 0 Å². The summed E-state index contributed by atoms with van der Waals surface area (Å²) in [7, 11) is 0. The number of ether oxygens (including phenoxy) is 3. The number of carbonyl (C=O) groups excluding carboxylic acids is 3. The van der Waals surface area contributed by atoms with Gasteiger partial charge in [0.25, 0.3) is 0 Å². The zero-order valence-corrected chi connectivity index (χ0v) is 15.0. The molecule has 0 bridgehead atoms. The Morgan fingerprint density at radius 3 is 2.50 bits per heavy atom. The van der Waals surface area contributed by atoms with Gasteiger partial charge in [0.2, 0.25) is 0 Å². The summed E-state index contributed by atoms with van der Waals surface area (Å²) in [5.41, 5.74) is 0.681. The van der Waals surface area contributed by atoms with Crippen LogP contribution >= 0.6 is 0 Å². The number of esters is 2. The summed E-state index contributed by atoms with van der Waals surface area (Å²) in [6.07, 6.45) is 0. The van der Waals surface area contributed by atoms with Crippen LogP contribution in [-0.2, 0) is 14.3 Å². The van der Waals surface area contributed by atoms with E-state index in [4.69, 9.17) is 14.2 Å². The van der Waals surface area contributed by atoms with E-state index in [0.717, 1.165) is 0 Å². The number of para-hydroxylation sites is 1. The standard InChI is InChI=1S/C18H22N2O6/c1-4-24-14-9-7-6-8-12(14)16(21)26-10-13-15(17(22)25-5-2)11(3)19-18(23)20-13/h6-9,11H,4-5,10H2,1-3H3,(H2,19,20,23)/t11-/m1/s1. The van der Waals surface area contributed by atoms with E-state index in [0.29, 0.717) is 12.4 Å². The lowest BCUT2D eigenvalue weighted by Crippen LogP contribution is -2.50. The molecule has 1 aromatic carbocycles. The van der Waals surface area contributed by atoms with Crippen molar-refractivity contribution in [3.8, 4) is 5.75 Å². The van der Waals surface area contributed by atoms with E-state index in [1.54, 1.807) is 38.1 Å². The van der Waals surface area contributed by atoms with Gasteiger partial charge in [-0.05, 0) is 32.9 Å². The largest absolute Gasteiger partial charge is 0.493 e. The van der Waals surface area contributed by atoms with E-state index < -0.39 is 24.0 Å². The highest BCUT2D eigenvalue weighted by molar-refractivity contribution is 5.95. The van der Waals surface area contributed by atoms with Gasteiger partial charge in [0.15, 0.2) is 0 Å². The van der Waals surface area contributed by atoms with E-state index in [1.807, 2.05) is 6.92 Å². The van der Waals surface area contributed by atoms with Gasteiger partial charge in [-0.3, -0.25) is 0 Å². The van der Waals surface area contributed by atoms with Crippen molar-refractivity contribution in [2.45, 2.75) is 26.8 Å². The molecule has 0 fully saturated rings. The molecule has 0 saturated carbocycles. The number of carbonyl (C=O) groups is 3. The quantitative estimate of drug-likeness (QED) is 0.717. The van der Waals surface area contributed by atoms with Crippen molar-refractivity contribution in [3.05, 3.63) is 41.1 Å². The maximum Gasteiger partial charge on any atom is 0.342 e. The number of hydrogen-bond acceptors (Lipinski definition) is 6. The fourth-order valence-electron chi connectivity index (χ4n) is 2.53. The third kappa shape index (κ3) is 4.53. The maximum absolute atomic E-state index is 12.4. The van der Waals surface area contributed by atoms with Crippen LogP contribution in [0.15, 0.2) is 35.5 Å². The minimum Gasteiger partial charge on any atom is -0.493 e. The zero-order valence-electron chi connectivity index (χ0n) is 15.0. The van der Waals surface area contributed by atoms with Crippen molar-refractivity contribution in [2.24, 2.45) is 0 Å². The molecule has 0 aliphatic carbocycles. The van der Waals surface area contributed by atoms with Gasteiger partial charge in [-0.25, -0.2) is 14.4 Å². The maximum atomic E-state index is 12.4. The second-order valence-corrected chi connectivity index (χ2v) is 5.44. The Balaban J connectivity index is 2.19. The van der Waals surface area contributed by atoms with Gasteiger partial charge in [0.05, 0.1) is 30.5 Å². The predicted molar refractivity (Wildman–Crippen MR) is 92.7 cm³/mol. The molecule has 0 radical (unpaired) electrons. The summed E-state index contributed by atoms with van der Waals surface area (Å²) in [6.45, 7) is 5.47. The second-order valence-electron chi connectivity index (χ2n) is 5.44. The highest BCUT2D eigenvalue weighted by Crippen LogP contribution is 2.20. The van der Waals surface area contributed by atoms with Crippen LogP contribution < -0.4 is 15.4 Å². The SMILES string of the molecule is CCOC(=O)C1=C(COC(=O)c2ccccc2OCC)NC(=O)N[C@@H]1C. The summed E-state index contributed by atoms with van der Waals surface area (Å²) in [4.78, 5) is 36.2. The van der Waals surface area contributed by atoms with Gasteiger partial charge >= 0.3 is 18.0 Å². The number of rotatable bonds is 7. The lowest BCUT2D eigenvalue weighted by Gasteiger charge is -2.26. The molecule has 1 heterocycles. The van der Waals surface area contributed by atoms with Gasteiger partial charge < -0.3 is 24.8 Å². The summed E-state index contributed by atoms with van der Waals surface area (Å²) in [5, 5.41) is 5.08. The third-order valence-electron chi connectivity index (χ3n) is 3.62. The summed E-state index contributed by atoms with van der Waals surface area (Å²) >= 11 is 0. The fourth-order valence-corrected chi connectivity index (χ4v) is 2.53. The van der Waals surface area contributed by atoms with Crippen LogP contribution in [-0.4, -0.2) is 43.8 Å². The Morgan fingerprint density at radius 2 is 1.81 bits per heavy atom. The normalized spacial score (nSPS) is 16.4. The highest BCUT2D eigenvalue weighted by atomic mass is 16.5. The molecular formula is C18H22N2O6. The summed E-state index contributed by atoms with van der Waals surface area (Å²) in [5.74, 6) is -0.791. The molecule has 26 heavy (non-hydrogen) atoms. The average molecular weight is 362 g/mol. The first kappa shape index (κ1) is 19.3. The van der Waals surface area contributed by atoms with Crippen LogP contribution in [0.4, 0.5) is 4.79 Å². The molecule has 0 saturated heterocycles. The number of hydrogen-bond donors (Lipinski definition) is 2. The van der Waals surface area contributed by atoms with Crippen molar-refractivity contribution < 1.29 is 28.6 Å². The van der Waals surface area contributed by atoms with Crippen LogP contribution in [0.1, 0.15) is 31.1 Å². The molecule has 1 aliphatic heterocycles. The summed E-state index contributed by atoms with van der Waals surface area (Å²) < 4.78 is 15.7. The summed E-state index contributed by atoms with van der Waals surface area (Å²) in [6, 6.07) is 5.64. The van der Waals surface area contributed by atoms with Gasteiger partial charge in [-0.1, -0.05) is 12.1 Å². The monoisotopic (exact) mass is 362 g/mol. The average Bonchev–Trinajstić information content (AvgIpc) is 2.60. The van der Waals surface area contributed by atoms with Crippen LogP contribution in [0.2, 0.25) is 0 Å². The third-order valence-corrected chi connectivity index (χ3v) is 3.62. The molecule has 8 nitrogen and oxygen atoms in total. The topological polar surface area (TPSA) is 103 Å². The van der Waals surface area contributed by atoms with E-state index in [1.165, 1.54) is 0 Å². The number of nitrogens with one attached hydrogen (secondary N) is 2. The molecule has 2 N–H and O–H groups in total. The molecular weight excluding hydrogens is 340 g/mol. The zero-order chi connectivity index (χ0) is 19.1. The van der Waals surface area contributed by atoms with Crippen LogP contribution in [0, 0.1) is 0 Å². The van der Waals surface area contributed by atoms with Gasteiger partial charge in [-0.2, -0.15) is 0 Å². The minimum absolute atomic E-state index is 0.192. The molecule has 2 rings (SSSR count). The molecule has 0 unspecified atom stereocenters. The Labute approximate surface area is 151 Å². The van der Waals surface area contributed by atoms with Crippen molar-refractivity contribution in [2.75, 3.05) is 19.8 Å². The second kappa shape index (κ2) is 8.89. The Morgan fingerprint density at radius 1 is 1.08 bits per heavy atom. The van der Waals surface area contributed by atoms with E-state index in [2.05, 4.69) is 10.6 Å². The minimum atomic E-state index is -0.620. The first-order valence-electron chi connectivity index (χ1n) is 8.34. The van der Waals surface area contributed by atoms with Crippen molar-refractivity contribution in [1.29, 1.82) is 0 Å². The highest BCUT2D eigenvalue weighted by Gasteiger charge is 2.30. The molecule has 1 aliphatic rings. The predicted octanol–water partition coefficient (Wildman–Crippen LogP) is 1.76. The number of amides is 2. The lowest BCUT2D eigenvalue weighted by atomic mass is 10.0. The van der Waals surface area contributed by atoms with Crippen molar-refractivity contribution in [3.63, 3.8) is 0 Å². The number of urea groups is 1. The van der Waals surface area contributed by atoms with Crippen molar-refractivity contribution in [1.82, 2.24) is 10.6 Å². The fraction of sp³-hybridized carbons (Fsp3) is 0.389. The first-order valence-corrected chi connectivity index (χ1v) is 8.34. The van der Waals surface area contributed by atoms with E-state index in [9.17, 15) is 14.4 Å². The van der Waals surface area contributed by atoms with E-state index in [-0.39, 0.29) is 30.0 Å².